The third-order valence-corrected chi connectivity index (χ3v) is 5.01. The third-order valence-electron chi connectivity index (χ3n) is 5.01. The van der Waals surface area contributed by atoms with Gasteiger partial charge in [-0.3, -0.25) is 0 Å². The Kier molecular flexibility index (Phi) is 14.1. The first kappa shape index (κ1) is 26.8. The van der Waals surface area contributed by atoms with Crippen LogP contribution in [0.25, 0.3) is 0 Å². The lowest BCUT2D eigenvalue weighted by Gasteiger charge is -2.21. The van der Waals surface area contributed by atoms with Crippen molar-refractivity contribution in [2.45, 2.75) is 90.6 Å². The van der Waals surface area contributed by atoms with E-state index in [1.165, 1.54) is 0 Å². The van der Waals surface area contributed by atoms with Crippen molar-refractivity contribution in [2.75, 3.05) is 13.2 Å². The Hall–Kier alpha value is -1.22. The van der Waals surface area contributed by atoms with Gasteiger partial charge < -0.3 is 29.9 Å². The maximum Gasteiger partial charge on any atom is 0.338 e. The smallest absolute Gasteiger partial charge is 0.338 e. The van der Waals surface area contributed by atoms with Crippen LogP contribution >= 0.6 is 0 Å². The van der Waals surface area contributed by atoms with Crippen LogP contribution < -0.4 is 0 Å². The molecule has 8 heteroatoms. The van der Waals surface area contributed by atoms with Crippen molar-refractivity contribution < 1.29 is 39.5 Å². The molecule has 0 saturated heterocycles. The molecule has 0 aromatic carbocycles. The number of hydrogen-bond donors (Lipinski definition) is 4. The van der Waals surface area contributed by atoms with Gasteiger partial charge in [-0.25, -0.2) is 9.59 Å². The maximum absolute atomic E-state index is 11.9. The van der Waals surface area contributed by atoms with Gasteiger partial charge in [-0.15, -0.1) is 0 Å². The van der Waals surface area contributed by atoms with Gasteiger partial charge in [0.1, 0.15) is 0 Å². The molecule has 0 rings (SSSR count). The molecule has 8 nitrogen and oxygen atoms in total. The van der Waals surface area contributed by atoms with E-state index in [9.17, 15) is 30.0 Å². The molecule has 0 fully saturated rings. The van der Waals surface area contributed by atoms with E-state index in [1.807, 2.05) is 27.7 Å². The van der Waals surface area contributed by atoms with Crippen LogP contribution in [0.15, 0.2) is 0 Å². The highest BCUT2D eigenvalue weighted by Crippen LogP contribution is 2.16. The van der Waals surface area contributed by atoms with Crippen LogP contribution in [-0.4, -0.2) is 70.0 Å². The lowest BCUT2D eigenvalue weighted by atomic mass is 9.98. The Morgan fingerprint density at radius 1 is 0.643 bits per heavy atom. The molecule has 28 heavy (non-hydrogen) atoms. The van der Waals surface area contributed by atoms with Crippen molar-refractivity contribution in [1.29, 1.82) is 0 Å². The van der Waals surface area contributed by atoms with E-state index < -0.39 is 36.4 Å². The van der Waals surface area contributed by atoms with Crippen molar-refractivity contribution in [2.24, 2.45) is 11.8 Å². The molecule has 0 saturated carbocycles. The zero-order valence-corrected chi connectivity index (χ0v) is 17.5. The first-order valence-corrected chi connectivity index (χ1v) is 10.2. The van der Waals surface area contributed by atoms with Crippen LogP contribution in [0, 0.1) is 11.8 Å². The van der Waals surface area contributed by atoms with Gasteiger partial charge in [0.25, 0.3) is 0 Å². The zero-order valence-electron chi connectivity index (χ0n) is 17.5. The van der Waals surface area contributed by atoms with Gasteiger partial charge in [0.2, 0.25) is 0 Å². The highest BCUT2D eigenvalue weighted by molar-refractivity contribution is 5.85. The van der Waals surface area contributed by atoms with E-state index >= 15 is 0 Å². The minimum absolute atomic E-state index is 0.0158. The quantitative estimate of drug-likeness (QED) is 0.298. The third kappa shape index (κ3) is 10.4. The zero-order chi connectivity index (χ0) is 21.7. The molecule has 0 heterocycles. The Morgan fingerprint density at radius 3 is 1.21 bits per heavy atom. The standard InChI is InChI=1S/C20H38O8/c1-5-13(9-15(21)7-3)11-27-19(25)17(23)18(24)20(26)28-12-14(6-2)10-16(22)8-4/h13-18,21-24H,5-12H2,1-4H3. The van der Waals surface area contributed by atoms with Crippen molar-refractivity contribution in [3.05, 3.63) is 0 Å². The lowest BCUT2D eigenvalue weighted by Crippen LogP contribution is -2.42. The molecule has 0 aliphatic heterocycles. The lowest BCUT2D eigenvalue weighted by molar-refractivity contribution is -0.174. The fraction of sp³-hybridized carbons (Fsp3) is 0.900. The molecule has 0 aromatic rings. The molecule has 0 radical (unpaired) electrons. The van der Waals surface area contributed by atoms with E-state index in [1.54, 1.807) is 0 Å². The van der Waals surface area contributed by atoms with Crippen LogP contribution in [0.3, 0.4) is 0 Å². The van der Waals surface area contributed by atoms with E-state index in [4.69, 9.17) is 9.47 Å². The summed E-state index contributed by atoms with van der Waals surface area (Å²) in [5.41, 5.74) is 0. The van der Waals surface area contributed by atoms with E-state index in [0.717, 1.165) is 0 Å². The summed E-state index contributed by atoms with van der Waals surface area (Å²) < 4.78 is 9.97. The number of carbonyl (C=O) groups is 2. The summed E-state index contributed by atoms with van der Waals surface area (Å²) in [6, 6.07) is 0. The summed E-state index contributed by atoms with van der Waals surface area (Å²) in [7, 11) is 0. The minimum Gasteiger partial charge on any atom is -0.463 e. The number of esters is 2. The molecular weight excluding hydrogens is 368 g/mol. The molecule has 4 N–H and O–H groups in total. The van der Waals surface area contributed by atoms with Gasteiger partial charge in [-0.05, 0) is 50.4 Å². The normalized spacial score (nSPS) is 17.9. The largest absolute Gasteiger partial charge is 0.463 e. The van der Waals surface area contributed by atoms with Gasteiger partial charge in [-0.1, -0.05) is 27.7 Å². The Balaban J connectivity index is 4.47. The Labute approximate surface area is 167 Å². The molecule has 0 spiro atoms. The molecule has 6 atom stereocenters. The average Bonchev–Trinajstić information content (AvgIpc) is 2.71. The first-order valence-electron chi connectivity index (χ1n) is 10.2. The van der Waals surface area contributed by atoms with Gasteiger partial charge in [0.05, 0.1) is 25.4 Å². The molecule has 166 valence electrons. The fourth-order valence-electron chi connectivity index (χ4n) is 2.64. The molecule has 0 amide bonds. The van der Waals surface area contributed by atoms with Crippen LogP contribution in [-0.2, 0) is 19.1 Å². The average molecular weight is 407 g/mol. The molecule has 0 bridgehead atoms. The van der Waals surface area contributed by atoms with Crippen LogP contribution in [0.4, 0.5) is 0 Å². The molecule has 0 aliphatic rings. The molecule has 0 aliphatic carbocycles. The number of aliphatic hydroxyl groups is 4. The summed E-state index contributed by atoms with van der Waals surface area (Å²) >= 11 is 0. The van der Waals surface area contributed by atoms with Crippen LogP contribution in [0.5, 0.6) is 0 Å². The molecule has 0 aromatic heterocycles. The van der Waals surface area contributed by atoms with E-state index in [0.29, 0.717) is 38.5 Å². The highest BCUT2D eigenvalue weighted by atomic mass is 16.6. The maximum atomic E-state index is 11.9. The second kappa shape index (κ2) is 14.7. The molecular formula is C20H38O8. The second-order valence-corrected chi connectivity index (χ2v) is 7.29. The monoisotopic (exact) mass is 406 g/mol. The van der Waals surface area contributed by atoms with Gasteiger partial charge >= 0.3 is 11.9 Å². The van der Waals surface area contributed by atoms with Gasteiger partial charge in [0, 0.05) is 0 Å². The predicted octanol–water partition coefficient (Wildman–Crippen LogP) is 1.17. The second-order valence-electron chi connectivity index (χ2n) is 7.29. The highest BCUT2D eigenvalue weighted by Gasteiger charge is 2.33. The van der Waals surface area contributed by atoms with Crippen molar-refractivity contribution in [1.82, 2.24) is 0 Å². The molecule has 6 unspecified atom stereocenters. The minimum atomic E-state index is -2.04. The van der Waals surface area contributed by atoms with Crippen molar-refractivity contribution in [3.8, 4) is 0 Å². The topological polar surface area (TPSA) is 134 Å². The van der Waals surface area contributed by atoms with Crippen LogP contribution in [0.1, 0.15) is 66.2 Å². The Morgan fingerprint density at radius 2 is 0.964 bits per heavy atom. The summed E-state index contributed by atoms with van der Waals surface area (Å²) in [5, 5.41) is 39.1. The predicted molar refractivity (Wildman–Crippen MR) is 103 cm³/mol. The summed E-state index contributed by atoms with van der Waals surface area (Å²) in [6.45, 7) is 7.45. The van der Waals surface area contributed by atoms with Gasteiger partial charge in [-0.2, -0.15) is 0 Å². The number of rotatable bonds is 15. The van der Waals surface area contributed by atoms with Crippen molar-refractivity contribution in [3.63, 3.8) is 0 Å². The van der Waals surface area contributed by atoms with E-state index in [2.05, 4.69) is 0 Å². The summed E-state index contributed by atoms with van der Waals surface area (Å²) in [6.07, 6.45) is -1.62. The van der Waals surface area contributed by atoms with Crippen LogP contribution in [0.2, 0.25) is 0 Å². The summed E-state index contributed by atoms with van der Waals surface area (Å²) in [5.74, 6) is -2.37. The Bertz CT molecular complexity index is 402. The fourth-order valence-corrected chi connectivity index (χ4v) is 2.64. The number of carbonyl (C=O) groups excluding carboxylic acids is 2. The number of hydrogen-bond acceptors (Lipinski definition) is 8. The van der Waals surface area contributed by atoms with Crippen molar-refractivity contribution >= 4 is 11.9 Å². The van der Waals surface area contributed by atoms with E-state index in [-0.39, 0.29) is 25.0 Å². The summed E-state index contributed by atoms with van der Waals surface area (Å²) in [4.78, 5) is 23.8. The van der Waals surface area contributed by atoms with Gasteiger partial charge in [0.15, 0.2) is 12.2 Å². The first-order chi connectivity index (χ1) is 13.2. The number of ether oxygens (including phenoxy) is 2. The number of aliphatic hydroxyl groups excluding tert-OH is 4. The SMILES string of the molecule is CCC(O)CC(CC)COC(=O)C(O)C(O)C(=O)OCC(CC)CC(O)CC.